The van der Waals surface area contributed by atoms with Gasteiger partial charge in [-0.1, -0.05) is 29.3 Å². The highest BCUT2D eigenvalue weighted by molar-refractivity contribution is 7.67. The average molecular weight is 388 g/mol. The summed E-state index contributed by atoms with van der Waals surface area (Å²) in [5.74, 6) is -1.44. The van der Waals surface area contributed by atoms with Gasteiger partial charge in [0.1, 0.15) is 0 Å². The summed E-state index contributed by atoms with van der Waals surface area (Å²) in [6.45, 7) is 1.91. The Balaban J connectivity index is 2.52. The lowest BCUT2D eigenvalue weighted by Crippen LogP contribution is -2.16. The minimum Gasteiger partial charge on any atom is -0.378 e. The van der Waals surface area contributed by atoms with Crippen molar-refractivity contribution in [1.29, 1.82) is 0 Å². The molecule has 2 aromatic rings. The van der Waals surface area contributed by atoms with Crippen molar-refractivity contribution in [2.75, 3.05) is 25.6 Å². The van der Waals surface area contributed by atoms with Crippen LogP contribution >= 0.6 is 30.6 Å². The molecular weight excluding hydrogens is 368 g/mol. The van der Waals surface area contributed by atoms with Crippen molar-refractivity contribution in [3.8, 4) is 0 Å². The number of hydrogen-bond donors (Lipinski definition) is 1. The van der Waals surface area contributed by atoms with E-state index in [-0.39, 0.29) is 22.2 Å². The van der Waals surface area contributed by atoms with Gasteiger partial charge in [-0.3, -0.25) is 4.57 Å². The van der Waals surface area contributed by atoms with Gasteiger partial charge in [-0.15, -0.1) is 0 Å². The van der Waals surface area contributed by atoms with E-state index in [1.54, 1.807) is 37.3 Å². The normalized spacial score (nSPS) is 14.9. The van der Waals surface area contributed by atoms with Gasteiger partial charge in [0.25, 0.3) is 7.37 Å². The van der Waals surface area contributed by atoms with Gasteiger partial charge in [-0.2, -0.15) is 0 Å². The van der Waals surface area contributed by atoms with Crippen LogP contribution in [0, 0.1) is 0 Å². The third kappa shape index (κ3) is 3.79. The number of anilines is 1. The molecule has 0 saturated heterocycles. The van der Waals surface area contributed by atoms with Crippen LogP contribution in [0.5, 0.6) is 0 Å². The maximum atomic E-state index is 13.5. The highest BCUT2D eigenvalue weighted by Gasteiger charge is 2.38. The van der Waals surface area contributed by atoms with Gasteiger partial charge in [-0.05, 0) is 43.3 Å². The van der Waals surface area contributed by atoms with Crippen LogP contribution in [0.25, 0.3) is 0 Å². The summed E-state index contributed by atoms with van der Waals surface area (Å²) in [5, 5.41) is 11.7. The lowest BCUT2D eigenvalue weighted by atomic mass is 10.2. The molecule has 0 fully saturated rings. The molecule has 0 spiro atoms. The minimum atomic E-state index is -3.62. The Bertz CT molecular complexity index is 730. The first-order chi connectivity index (χ1) is 11.3. The molecule has 0 aliphatic carbocycles. The highest BCUT2D eigenvalue weighted by Crippen LogP contribution is 2.59. The van der Waals surface area contributed by atoms with Gasteiger partial charge in [0.05, 0.1) is 6.61 Å². The lowest BCUT2D eigenvalue weighted by Gasteiger charge is -2.25. The first kappa shape index (κ1) is 19.3. The van der Waals surface area contributed by atoms with Gasteiger partial charge in [0.2, 0.25) is 0 Å². The van der Waals surface area contributed by atoms with Crippen LogP contribution in [0.3, 0.4) is 0 Å². The summed E-state index contributed by atoms with van der Waals surface area (Å²) < 4.78 is 19.0. The van der Waals surface area contributed by atoms with E-state index in [4.69, 9.17) is 27.7 Å². The number of aliphatic hydroxyl groups excluding tert-OH is 1. The summed E-state index contributed by atoms with van der Waals surface area (Å²) in [4.78, 5) is 1.93. The molecule has 0 aliphatic rings. The predicted octanol–water partition coefficient (Wildman–Crippen LogP) is 4.69. The van der Waals surface area contributed by atoms with Crippen LogP contribution in [0.1, 0.15) is 18.3 Å². The Morgan fingerprint density at radius 1 is 1.12 bits per heavy atom. The smallest absolute Gasteiger partial charge is 0.264 e. The molecule has 2 rings (SSSR count). The van der Waals surface area contributed by atoms with Crippen LogP contribution in [0.4, 0.5) is 5.69 Å². The van der Waals surface area contributed by atoms with Gasteiger partial charge >= 0.3 is 0 Å². The monoisotopic (exact) mass is 387 g/mol. The predicted molar refractivity (Wildman–Crippen MR) is 101 cm³/mol. The third-order valence-corrected chi connectivity index (χ3v) is 6.85. The summed E-state index contributed by atoms with van der Waals surface area (Å²) >= 11 is 12.3. The molecule has 4 nitrogen and oxygen atoms in total. The quantitative estimate of drug-likeness (QED) is 0.730. The number of rotatable bonds is 6. The largest absolute Gasteiger partial charge is 0.378 e. The molecule has 0 aromatic heterocycles. The summed E-state index contributed by atoms with van der Waals surface area (Å²) in [6, 6.07) is 11.9. The van der Waals surface area contributed by atoms with E-state index >= 15 is 0 Å². The maximum absolute atomic E-state index is 13.5. The zero-order valence-electron chi connectivity index (χ0n) is 13.7. The summed E-state index contributed by atoms with van der Waals surface area (Å²) in [5.41, 5.74) is 1.17. The molecule has 0 amide bonds. The van der Waals surface area contributed by atoms with Gasteiger partial charge in [0, 0.05) is 40.7 Å². The Kier molecular flexibility index (Phi) is 6.35. The van der Waals surface area contributed by atoms with E-state index in [0.29, 0.717) is 5.30 Å². The zero-order valence-corrected chi connectivity index (χ0v) is 16.1. The Hall–Kier alpha value is -1.03. The van der Waals surface area contributed by atoms with Crippen LogP contribution in [-0.4, -0.2) is 25.8 Å². The fourth-order valence-electron chi connectivity index (χ4n) is 2.36. The van der Waals surface area contributed by atoms with Gasteiger partial charge in [-0.25, -0.2) is 0 Å². The van der Waals surface area contributed by atoms with Crippen molar-refractivity contribution in [1.82, 2.24) is 0 Å². The van der Waals surface area contributed by atoms with Crippen molar-refractivity contribution in [2.24, 2.45) is 0 Å². The first-order valence-corrected chi connectivity index (χ1v) is 9.90. The lowest BCUT2D eigenvalue weighted by molar-refractivity contribution is 0.218. The number of hydrogen-bond acceptors (Lipinski definition) is 4. The van der Waals surface area contributed by atoms with Crippen molar-refractivity contribution in [3.05, 3.63) is 58.1 Å². The van der Waals surface area contributed by atoms with Crippen molar-refractivity contribution in [2.45, 2.75) is 12.8 Å². The van der Waals surface area contributed by atoms with Crippen LogP contribution in [0.15, 0.2) is 42.5 Å². The second-order valence-corrected chi connectivity index (χ2v) is 8.71. The maximum Gasteiger partial charge on any atom is 0.264 e. The molecule has 7 heteroatoms. The number of nitrogens with zero attached hydrogens (tertiary/aromatic N) is 1. The topological polar surface area (TPSA) is 49.8 Å². The van der Waals surface area contributed by atoms with E-state index in [9.17, 15) is 9.67 Å². The number of aliphatic hydroxyl groups is 1. The fraction of sp³-hybridized carbons (Fsp3) is 0.294. The molecule has 1 N–H and O–H groups in total. The van der Waals surface area contributed by atoms with Crippen LogP contribution in [-0.2, 0) is 9.09 Å². The van der Waals surface area contributed by atoms with E-state index in [1.165, 1.54) is 0 Å². The van der Waals surface area contributed by atoms with Crippen LogP contribution in [0.2, 0.25) is 10.0 Å². The van der Waals surface area contributed by atoms with E-state index in [1.807, 2.05) is 31.1 Å². The summed E-state index contributed by atoms with van der Waals surface area (Å²) in [7, 11) is 0.204. The molecule has 0 heterocycles. The Morgan fingerprint density at radius 2 is 1.67 bits per heavy atom. The molecule has 130 valence electrons. The van der Waals surface area contributed by atoms with Crippen molar-refractivity contribution < 1.29 is 14.2 Å². The first-order valence-electron chi connectivity index (χ1n) is 7.45. The molecule has 2 aromatic carbocycles. The Morgan fingerprint density at radius 3 is 2.12 bits per heavy atom. The average Bonchev–Trinajstić information content (AvgIpc) is 2.54. The van der Waals surface area contributed by atoms with Crippen molar-refractivity contribution in [3.63, 3.8) is 0 Å². The molecule has 0 aliphatic heterocycles. The molecule has 0 unspecified atom stereocenters. The molecule has 2 atom stereocenters. The van der Waals surface area contributed by atoms with Crippen molar-refractivity contribution >= 4 is 41.6 Å². The number of benzene rings is 2. The van der Waals surface area contributed by atoms with E-state index < -0.39 is 13.2 Å². The van der Waals surface area contributed by atoms with Gasteiger partial charge in [0.15, 0.2) is 5.85 Å². The standard InChI is InChI=1S/C17H20Cl2NO3P/c1-4-23-24(22,13-10-8-12(9-11-13)20(2)3)17(21)16-14(18)6-5-7-15(16)19/h5-11,17,21H,4H2,1-3H3/t17-,24-/m1/s1. The second-order valence-electron chi connectivity index (χ2n) is 5.43. The molecule has 0 radical (unpaired) electrons. The molecule has 24 heavy (non-hydrogen) atoms. The molecular formula is C17H20Cl2NO3P. The SMILES string of the molecule is CCO[P@](=O)(c1ccc(N(C)C)cc1)[C@@H](O)c1c(Cl)cccc1Cl. The fourth-order valence-corrected chi connectivity index (χ4v) is 5.26. The van der Waals surface area contributed by atoms with E-state index in [0.717, 1.165) is 5.69 Å². The summed E-state index contributed by atoms with van der Waals surface area (Å²) in [6.07, 6.45) is 0. The molecule has 0 bridgehead atoms. The van der Waals surface area contributed by atoms with Crippen LogP contribution < -0.4 is 10.2 Å². The Labute approximate surface area is 152 Å². The molecule has 0 saturated carbocycles. The van der Waals surface area contributed by atoms with Gasteiger partial charge < -0.3 is 14.5 Å². The highest BCUT2D eigenvalue weighted by atomic mass is 35.5. The third-order valence-electron chi connectivity index (χ3n) is 3.63. The van der Waals surface area contributed by atoms with E-state index in [2.05, 4.69) is 0 Å². The minimum absolute atomic E-state index is 0.186. The number of halogens is 2. The second kappa shape index (κ2) is 7.90. The zero-order chi connectivity index (χ0) is 17.9.